The van der Waals surface area contributed by atoms with Crippen molar-refractivity contribution in [1.82, 2.24) is 10.2 Å². The lowest BCUT2D eigenvalue weighted by atomic mass is 10.2. The summed E-state index contributed by atoms with van der Waals surface area (Å²) in [6.07, 6.45) is 0. The van der Waals surface area contributed by atoms with Crippen molar-refractivity contribution in [3.05, 3.63) is 54.2 Å². The van der Waals surface area contributed by atoms with E-state index in [4.69, 9.17) is 18.6 Å². The largest absolute Gasteiger partial charge is 0.486 e. The maximum Gasteiger partial charge on any atom is 0.254 e. The van der Waals surface area contributed by atoms with E-state index in [1.165, 1.54) is 12.1 Å². The number of ether oxygens (including phenoxy) is 3. The Morgan fingerprint density at radius 2 is 1.88 bits per heavy atom. The summed E-state index contributed by atoms with van der Waals surface area (Å²) in [5.41, 5.74) is 0.521. The molecule has 1 aliphatic heterocycles. The summed E-state index contributed by atoms with van der Waals surface area (Å²) in [5, 5.41) is 7.81. The minimum Gasteiger partial charge on any atom is -0.486 e. The van der Waals surface area contributed by atoms with Gasteiger partial charge in [0, 0.05) is 11.6 Å². The van der Waals surface area contributed by atoms with Gasteiger partial charge < -0.3 is 18.6 Å². The van der Waals surface area contributed by atoms with Gasteiger partial charge >= 0.3 is 0 Å². The molecule has 122 valence electrons. The van der Waals surface area contributed by atoms with Crippen LogP contribution in [0.25, 0.3) is 11.5 Å². The average molecular weight is 328 g/mol. The number of benzene rings is 2. The summed E-state index contributed by atoms with van der Waals surface area (Å²) < 4.78 is 35.3. The molecule has 0 saturated carbocycles. The Morgan fingerprint density at radius 1 is 1.00 bits per heavy atom. The Hall–Kier alpha value is -3.09. The average Bonchev–Trinajstić information content (AvgIpc) is 3.09. The molecular weight excluding hydrogens is 315 g/mol. The van der Waals surface area contributed by atoms with Crippen LogP contribution in [0.4, 0.5) is 4.39 Å². The second-order valence-electron chi connectivity index (χ2n) is 5.11. The zero-order valence-corrected chi connectivity index (χ0v) is 12.6. The van der Waals surface area contributed by atoms with E-state index in [1.54, 1.807) is 30.3 Å². The third-order valence-corrected chi connectivity index (χ3v) is 3.41. The van der Waals surface area contributed by atoms with E-state index in [9.17, 15) is 4.39 Å². The van der Waals surface area contributed by atoms with Gasteiger partial charge in [-0.1, -0.05) is 6.07 Å². The van der Waals surface area contributed by atoms with Crippen LogP contribution in [-0.2, 0) is 6.61 Å². The van der Waals surface area contributed by atoms with E-state index in [0.29, 0.717) is 41.9 Å². The van der Waals surface area contributed by atoms with Crippen LogP contribution in [0.15, 0.2) is 46.9 Å². The molecule has 3 aromatic rings. The molecular formula is C17H13FN2O4. The SMILES string of the molecule is Fc1cccc(-c2nnc(COc3ccc4c(c3)OCCO4)o2)c1. The standard InChI is InChI=1S/C17H13FN2O4/c18-12-3-1-2-11(8-12)17-20-19-16(24-17)10-23-13-4-5-14-15(9-13)22-7-6-21-14/h1-5,8-9H,6-7,10H2. The molecule has 2 heterocycles. The lowest BCUT2D eigenvalue weighted by Gasteiger charge is -2.18. The highest BCUT2D eigenvalue weighted by Gasteiger charge is 2.13. The number of aromatic nitrogens is 2. The van der Waals surface area contributed by atoms with Crippen LogP contribution in [0, 0.1) is 5.82 Å². The monoisotopic (exact) mass is 328 g/mol. The molecule has 0 amide bonds. The van der Waals surface area contributed by atoms with Crippen molar-refractivity contribution in [1.29, 1.82) is 0 Å². The number of rotatable bonds is 4. The van der Waals surface area contributed by atoms with E-state index in [2.05, 4.69) is 10.2 Å². The minimum atomic E-state index is -0.361. The summed E-state index contributed by atoms with van der Waals surface area (Å²) in [4.78, 5) is 0. The van der Waals surface area contributed by atoms with Crippen molar-refractivity contribution < 1.29 is 23.0 Å². The van der Waals surface area contributed by atoms with E-state index < -0.39 is 0 Å². The molecule has 0 N–H and O–H groups in total. The van der Waals surface area contributed by atoms with Crippen LogP contribution in [0.3, 0.4) is 0 Å². The number of nitrogens with zero attached hydrogens (tertiary/aromatic N) is 2. The van der Waals surface area contributed by atoms with Crippen molar-refractivity contribution >= 4 is 0 Å². The fourth-order valence-corrected chi connectivity index (χ4v) is 2.31. The van der Waals surface area contributed by atoms with E-state index in [-0.39, 0.29) is 18.3 Å². The van der Waals surface area contributed by atoms with Crippen molar-refractivity contribution in [3.63, 3.8) is 0 Å². The Bertz CT molecular complexity index is 865. The van der Waals surface area contributed by atoms with Crippen molar-refractivity contribution in [2.45, 2.75) is 6.61 Å². The van der Waals surface area contributed by atoms with Gasteiger partial charge in [0.15, 0.2) is 18.1 Å². The van der Waals surface area contributed by atoms with Gasteiger partial charge in [0.25, 0.3) is 5.89 Å². The zero-order valence-electron chi connectivity index (χ0n) is 12.6. The van der Waals surface area contributed by atoms with Gasteiger partial charge in [-0.2, -0.15) is 0 Å². The summed E-state index contributed by atoms with van der Waals surface area (Å²) in [6, 6.07) is 11.3. The van der Waals surface area contributed by atoms with E-state index in [0.717, 1.165) is 0 Å². The lowest BCUT2D eigenvalue weighted by molar-refractivity contribution is 0.170. The Balaban J connectivity index is 1.45. The smallest absolute Gasteiger partial charge is 0.254 e. The molecule has 0 fully saturated rings. The maximum absolute atomic E-state index is 13.2. The molecule has 0 aliphatic carbocycles. The number of halogens is 1. The fourth-order valence-electron chi connectivity index (χ4n) is 2.31. The summed E-state index contributed by atoms with van der Waals surface area (Å²) in [5.74, 6) is 2.12. The molecule has 1 aromatic heterocycles. The lowest BCUT2D eigenvalue weighted by Crippen LogP contribution is -2.15. The first-order chi connectivity index (χ1) is 11.8. The molecule has 4 rings (SSSR count). The van der Waals surface area contributed by atoms with Crippen molar-refractivity contribution in [2.24, 2.45) is 0 Å². The molecule has 0 atom stereocenters. The molecule has 0 unspecified atom stereocenters. The first-order valence-corrected chi connectivity index (χ1v) is 7.39. The van der Waals surface area contributed by atoms with Crippen LogP contribution < -0.4 is 14.2 Å². The molecule has 6 nitrogen and oxygen atoms in total. The molecule has 0 spiro atoms. The van der Waals surface area contributed by atoms with Crippen molar-refractivity contribution in [3.8, 4) is 28.7 Å². The first kappa shape index (κ1) is 14.5. The van der Waals surface area contributed by atoms with E-state index >= 15 is 0 Å². The highest BCUT2D eigenvalue weighted by atomic mass is 19.1. The van der Waals surface area contributed by atoms with Gasteiger partial charge in [-0.3, -0.25) is 0 Å². The third kappa shape index (κ3) is 3.01. The van der Waals surface area contributed by atoms with Gasteiger partial charge in [0.05, 0.1) is 0 Å². The van der Waals surface area contributed by atoms with E-state index in [1.807, 2.05) is 0 Å². The quantitative estimate of drug-likeness (QED) is 0.732. The fraction of sp³-hybridized carbons (Fsp3) is 0.176. The second-order valence-corrected chi connectivity index (χ2v) is 5.11. The predicted molar refractivity (Wildman–Crippen MR) is 81.5 cm³/mol. The molecule has 24 heavy (non-hydrogen) atoms. The summed E-state index contributed by atoms with van der Waals surface area (Å²) in [6.45, 7) is 1.15. The van der Waals surface area contributed by atoms with Crippen LogP contribution in [0.2, 0.25) is 0 Å². The molecule has 7 heteroatoms. The summed E-state index contributed by atoms with van der Waals surface area (Å²) >= 11 is 0. The van der Waals surface area contributed by atoms with Crippen LogP contribution in [-0.4, -0.2) is 23.4 Å². The number of hydrogen-bond donors (Lipinski definition) is 0. The van der Waals surface area contributed by atoms with Gasteiger partial charge in [-0.15, -0.1) is 10.2 Å². The highest BCUT2D eigenvalue weighted by Crippen LogP contribution is 2.33. The van der Waals surface area contributed by atoms with Crippen molar-refractivity contribution in [2.75, 3.05) is 13.2 Å². The Morgan fingerprint density at radius 3 is 2.75 bits per heavy atom. The van der Waals surface area contributed by atoms with Crippen LogP contribution in [0.1, 0.15) is 5.89 Å². The Labute approximate surface area is 136 Å². The van der Waals surface area contributed by atoms with Gasteiger partial charge in [-0.05, 0) is 30.3 Å². The number of fused-ring (bicyclic) bond motifs is 1. The second kappa shape index (κ2) is 6.19. The molecule has 0 bridgehead atoms. The van der Waals surface area contributed by atoms with Crippen LogP contribution in [0.5, 0.6) is 17.2 Å². The summed E-state index contributed by atoms with van der Waals surface area (Å²) in [7, 11) is 0. The molecule has 0 saturated heterocycles. The predicted octanol–water partition coefficient (Wildman–Crippen LogP) is 3.23. The molecule has 0 radical (unpaired) electrons. The van der Waals surface area contributed by atoms with Gasteiger partial charge in [0.2, 0.25) is 5.89 Å². The topological polar surface area (TPSA) is 66.6 Å². The number of hydrogen-bond acceptors (Lipinski definition) is 6. The normalized spacial score (nSPS) is 12.9. The van der Waals surface area contributed by atoms with Crippen LogP contribution >= 0.6 is 0 Å². The van der Waals surface area contributed by atoms with Gasteiger partial charge in [0.1, 0.15) is 24.8 Å². The zero-order chi connectivity index (χ0) is 16.4. The Kier molecular flexibility index (Phi) is 3.74. The van der Waals surface area contributed by atoms with Gasteiger partial charge in [-0.25, -0.2) is 4.39 Å². The first-order valence-electron chi connectivity index (χ1n) is 7.39. The maximum atomic E-state index is 13.2. The third-order valence-electron chi connectivity index (χ3n) is 3.41. The molecule has 1 aliphatic rings. The molecule has 2 aromatic carbocycles. The minimum absolute atomic E-state index is 0.0992. The highest BCUT2D eigenvalue weighted by molar-refractivity contribution is 5.52.